The molecule has 1 heterocycles. The van der Waals surface area contributed by atoms with E-state index in [4.69, 9.17) is 0 Å². The van der Waals surface area contributed by atoms with Gasteiger partial charge >= 0.3 is 0 Å². The van der Waals surface area contributed by atoms with E-state index in [0.717, 1.165) is 6.07 Å². The van der Waals surface area contributed by atoms with Crippen LogP contribution in [0.5, 0.6) is 0 Å². The minimum Gasteiger partial charge on any atom is -0.358 e. The molecule has 0 saturated carbocycles. The molecular weight excluding hydrogens is 241 g/mol. The first-order valence-electron chi connectivity index (χ1n) is 5.86. The molecule has 2 rings (SSSR count). The molecule has 2 nitrogen and oxygen atoms in total. The Bertz CT molecular complexity index is 590. The van der Waals surface area contributed by atoms with Crippen LogP contribution < -0.4 is 5.32 Å². The lowest BCUT2D eigenvalue weighted by molar-refractivity contribution is 0.453. The number of rotatable bonds is 3. The zero-order valence-electron chi connectivity index (χ0n) is 10.5. The number of hydrogen-bond acceptors (Lipinski definition) is 1. The standard InChI is InChI=1S/C13H15F3N2/c1-4-17-6(2)10-7(3)18-9-5-8(14)12(15)13(16)11(9)10/h5-6,17-18H,4H2,1-3H3. The van der Waals surface area contributed by atoms with Crippen LogP contribution >= 0.6 is 0 Å². The summed E-state index contributed by atoms with van der Waals surface area (Å²) in [4.78, 5) is 2.89. The summed E-state index contributed by atoms with van der Waals surface area (Å²) < 4.78 is 40.3. The van der Waals surface area contributed by atoms with Crippen LogP contribution in [0.25, 0.3) is 10.9 Å². The highest BCUT2D eigenvalue weighted by atomic mass is 19.2. The van der Waals surface area contributed by atoms with Gasteiger partial charge in [0.25, 0.3) is 0 Å². The smallest absolute Gasteiger partial charge is 0.195 e. The van der Waals surface area contributed by atoms with E-state index in [9.17, 15) is 13.2 Å². The van der Waals surface area contributed by atoms with Crippen LogP contribution in [0.4, 0.5) is 13.2 Å². The SMILES string of the molecule is CCNC(C)c1c(C)[nH]c2cc(F)c(F)c(F)c12. The molecular formula is C13H15F3N2. The summed E-state index contributed by atoms with van der Waals surface area (Å²) in [6.45, 7) is 6.26. The van der Waals surface area contributed by atoms with E-state index in [2.05, 4.69) is 10.3 Å². The Balaban J connectivity index is 2.73. The molecule has 0 aliphatic carbocycles. The maximum absolute atomic E-state index is 13.9. The first kappa shape index (κ1) is 13.0. The summed E-state index contributed by atoms with van der Waals surface area (Å²) in [5, 5.41) is 3.26. The van der Waals surface area contributed by atoms with Crippen molar-refractivity contribution in [1.82, 2.24) is 10.3 Å². The maximum atomic E-state index is 13.9. The quantitative estimate of drug-likeness (QED) is 0.807. The lowest BCUT2D eigenvalue weighted by Gasteiger charge is -2.13. The molecule has 2 aromatic rings. The van der Waals surface area contributed by atoms with Crippen LogP contribution in [0.2, 0.25) is 0 Å². The van der Waals surface area contributed by atoms with Crippen molar-refractivity contribution in [1.29, 1.82) is 0 Å². The van der Waals surface area contributed by atoms with Crippen LogP contribution in [0.1, 0.15) is 31.1 Å². The number of aromatic amines is 1. The van der Waals surface area contributed by atoms with Gasteiger partial charge in [0.05, 0.1) is 5.52 Å². The average molecular weight is 256 g/mol. The van der Waals surface area contributed by atoms with Gasteiger partial charge in [0.15, 0.2) is 17.5 Å². The Morgan fingerprint density at radius 2 is 1.94 bits per heavy atom. The maximum Gasteiger partial charge on any atom is 0.195 e. The highest BCUT2D eigenvalue weighted by Crippen LogP contribution is 2.32. The number of nitrogens with one attached hydrogen (secondary N) is 2. The van der Waals surface area contributed by atoms with Gasteiger partial charge in [-0.25, -0.2) is 13.2 Å². The van der Waals surface area contributed by atoms with Gasteiger partial charge in [0.1, 0.15) is 0 Å². The topological polar surface area (TPSA) is 27.8 Å². The third-order valence-corrected chi connectivity index (χ3v) is 3.10. The molecule has 18 heavy (non-hydrogen) atoms. The van der Waals surface area contributed by atoms with Crippen LogP contribution in [-0.2, 0) is 0 Å². The molecule has 1 atom stereocenters. The van der Waals surface area contributed by atoms with Gasteiger partial charge in [0.2, 0.25) is 0 Å². The number of aromatic nitrogens is 1. The average Bonchev–Trinajstić information content (AvgIpc) is 2.63. The number of aryl methyl sites for hydroxylation is 1. The molecule has 0 amide bonds. The zero-order valence-corrected chi connectivity index (χ0v) is 10.5. The highest BCUT2D eigenvalue weighted by Gasteiger charge is 2.22. The van der Waals surface area contributed by atoms with Crippen molar-refractivity contribution in [2.24, 2.45) is 0 Å². The van der Waals surface area contributed by atoms with Gasteiger partial charge in [-0.2, -0.15) is 0 Å². The van der Waals surface area contributed by atoms with Crippen LogP contribution in [0.3, 0.4) is 0 Å². The van der Waals surface area contributed by atoms with Crippen LogP contribution in [0, 0.1) is 24.4 Å². The van der Waals surface area contributed by atoms with E-state index in [1.54, 1.807) is 6.92 Å². The predicted molar refractivity (Wildman–Crippen MR) is 65.0 cm³/mol. The van der Waals surface area contributed by atoms with Crippen molar-refractivity contribution in [3.05, 3.63) is 34.8 Å². The second-order valence-corrected chi connectivity index (χ2v) is 4.35. The molecule has 0 aliphatic rings. The van der Waals surface area contributed by atoms with Gasteiger partial charge < -0.3 is 10.3 Å². The van der Waals surface area contributed by atoms with Gasteiger partial charge in [-0.05, 0) is 20.4 Å². The molecule has 0 aliphatic heterocycles. The Labute approximate surface area is 103 Å². The Kier molecular flexibility index (Phi) is 3.34. The van der Waals surface area contributed by atoms with Crippen molar-refractivity contribution in [2.75, 3.05) is 6.54 Å². The molecule has 2 N–H and O–H groups in total. The first-order chi connectivity index (χ1) is 8.47. The monoisotopic (exact) mass is 256 g/mol. The van der Waals surface area contributed by atoms with Gasteiger partial charge in [-0.3, -0.25) is 0 Å². The predicted octanol–water partition coefficient (Wildman–Crippen LogP) is 3.56. The normalized spacial score (nSPS) is 13.2. The summed E-state index contributed by atoms with van der Waals surface area (Å²) >= 11 is 0. The van der Waals surface area contributed by atoms with Crippen molar-refractivity contribution < 1.29 is 13.2 Å². The van der Waals surface area contributed by atoms with E-state index in [-0.39, 0.29) is 16.9 Å². The Morgan fingerprint density at radius 3 is 2.56 bits per heavy atom. The zero-order chi connectivity index (χ0) is 13.4. The third-order valence-electron chi connectivity index (χ3n) is 3.10. The molecule has 5 heteroatoms. The van der Waals surface area contributed by atoms with Gasteiger partial charge in [-0.15, -0.1) is 0 Å². The minimum atomic E-state index is -1.42. The Morgan fingerprint density at radius 1 is 1.28 bits per heavy atom. The third kappa shape index (κ3) is 1.88. The summed E-state index contributed by atoms with van der Waals surface area (Å²) in [6, 6.07) is 0.853. The molecule has 1 aromatic heterocycles. The van der Waals surface area contributed by atoms with Gasteiger partial charge in [0, 0.05) is 28.8 Å². The molecule has 0 radical (unpaired) electrons. The fraction of sp³-hybridized carbons (Fsp3) is 0.385. The molecule has 0 spiro atoms. The number of H-pyrrole nitrogens is 1. The molecule has 0 saturated heterocycles. The highest BCUT2D eigenvalue weighted by molar-refractivity contribution is 5.86. The summed E-state index contributed by atoms with van der Waals surface area (Å²) in [6.07, 6.45) is 0. The van der Waals surface area contributed by atoms with Crippen molar-refractivity contribution in [2.45, 2.75) is 26.8 Å². The molecule has 0 bridgehead atoms. The lowest BCUT2D eigenvalue weighted by Crippen LogP contribution is -2.18. The molecule has 1 unspecified atom stereocenters. The van der Waals surface area contributed by atoms with Crippen LogP contribution in [-0.4, -0.2) is 11.5 Å². The molecule has 98 valence electrons. The van der Waals surface area contributed by atoms with Gasteiger partial charge in [-0.1, -0.05) is 6.92 Å². The largest absolute Gasteiger partial charge is 0.358 e. The number of halogens is 3. The lowest BCUT2D eigenvalue weighted by atomic mass is 10.0. The number of hydrogen-bond donors (Lipinski definition) is 2. The number of benzene rings is 1. The van der Waals surface area contributed by atoms with Crippen LogP contribution in [0.15, 0.2) is 6.07 Å². The second kappa shape index (κ2) is 4.65. The van der Waals surface area contributed by atoms with E-state index >= 15 is 0 Å². The Hall–Kier alpha value is -1.49. The van der Waals surface area contributed by atoms with E-state index in [1.165, 1.54) is 0 Å². The molecule has 0 fully saturated rings. The summed E-state index contributed by atoms with van der Waals surface area (Å²) in [5.41, 5.74) is 1.63. The first-order valence-corrected chi connectivity index (χ1v) is 5.86. The second-order valence-electron chi connectivity index (χ2n) is 4.35. The van der Waals surface area contributed by atoms with Crippen molar-refractivity contribution in [3.8, 4) is 0 Å². The van der Waals surface area contributed by atoms with Crippen molar-refractivity contribution >= 4 is 10.9 Å². The summed E-state index contributed by atoms with van der Waals surface area (Å²) in [7, 11) is 0. The van der Waals surface area contributed by atoms with E-state index in [0.29, 0.717) is 17.8 Å². The minimum absolute atomic E-state index is 0.125. The fourth-order valence-corrected chi connectivity index (χ4v) is 2.36. The van der Waals surface area contributed by atoms with Crippen molar-refractivity contribution in [3.63, 3.8) is 0 Å². The van der Waals surface area contributed by atoms with E-state index < -0.39 is 17.5 Å². The fourth-order valence-electron chi connectivity index (χ4n) is 2.36. The molecule has 1 aromatic carbocycles. The summed E-state index contributed by atoms with van der Waals surface area (Å²) in [5.74, 6) is -3.73. The van der Waals surface area contributed by atoms with E-state index in [1.807, 2.05) is 13.8 Å². The number of fused-ring (bicyclic) bond motifs is 1.